The maximum atomic E-state index is 11.1. The number of benzene rings is 1. The molecule has 4 nitrogen and oxygen atoms in total. The summed E-state index contributed by atoms with van der Waals surface area (Å²) in [5.74, 6) is -0.343. The molecule has 5 heteroatoms. The second kappa shape index (κ2) is 3.86. The van der Waals surface area contributed by atoms with E-state index < -0.39 is 0 Å². The van der Waals surface area contributed by atoms with Gasteiger partial charge in [-0.1, -0.05) is 6.07 Å². The highest BCUT2D eigenvalue weighted by molar-refractivity contribution is 5.85. The standard InChI is InChI=1S/C9H10N2O2.ClH/c1-11-7-4-6(5-10)2-3-8(7)13-9(11)12;/h2-4H,5,10H2,1H3;1H. The molecule has 2 aromatic rings. The monoisotopic (exact) mass is 214 g/mol. The lowest BCUT2D eigenvalue weighted by Gasteiger charge is -1.95. The molecule has 1 aromatic heterocycles. The first kappa shape index (κ1) is 10.8. The van der Waals surface area contributed by atoms with Gasteiger partial charge in [0.15, 0.2) is 5.58 Å². The summed E-state index contributed by atoms with van der Waals surface area (Å²) in [6.07, 6.45) is 0. The van der Waals surface area contributed by atoms with Crippen LogP contribution < -0.4 is 11.5 Å². The van der Waals surface area contributed by atoms with E-state index in [1.165, 1.54) is 4.57 Å². The predicted octanol–water partition coefficient (Wildman–Crippen LogP) is 1.01. The van der Waals surface area contributed by atoms with E-state index in [2.05, 4.69) is 0 Å². The summed E-state index contributed by atoms with van der Waals surface area (Å²) in [4.78, 5) is 11.1. The lowest BCUT2D eigenvalue weighted by atomic mass is 10.2. The van der Waals surface area contributed by atoms with Crippen LogP contribution in [0.5, 0.6) is 0 Å². The van der Waals surface area contributed by atoms with Gasteiger partial charge in [-0.3, -0.25) is 4.57 Å². The van der Waals surface area contributed by atoms with Gasteiger partial charge in [-0.25, -0.2) is 4.79 Å². The third kappa shape index (κ3) is 1.54. The summed E-state index contributed by atoms with van der Waals surface area (Å²) in [5, 5.41) is 0. The van der Waals surface area contributed by atoms with Crippen LogP contribution in [-0.2, 0) is 13.6 Å². The van der Waals surface area contributed by atoms with Gasteiger partial charge in [0.1, 0.15) is 0 Å². The van der Waals surface area contributed by atoms with E-state index in [4.69, 9.17) is 10.2 Å². The fourth-order valence-corrected chi connectivity index (χ4v) is 1.30. The van der Waals surface area contributed by atoms with Crippen LogP contribution in [0, 0.1) is 0 Å². The average Bonchev–Trinajstić information content (AvgIpc) is 2.43. The molecule has 0 unspecified atom stereocenters. The number of aryl methyl sites for hydroxylation is 1. The highest BCUT2D eigenvalue weighted by Gasteiger charge is 2.04. The van der Waals surface area contributed by atoms with Gasteiger partial charge in [0, 0.05) is 13.6 Å². The number of oxazole rings is 1. The van der Waals surface area contributed by atoms with E-state index in [-0.39, 0.29) is 18.2 Å². The summed E-state index contributed by atoms with van der Waals surface area (Å²) < 4.78 is 6.43. The van der Waals surface area contributed by atoms with Crippen molar-refractivity contribution in [3.05, 3.63) is 34.3 Å². The molecule has 2 rings (SSSR count). The molecule has 0 atom stereocenters. The summed E-state index contributed by atoms with van der Waals surface area (Å²) in [7, 11) is 1.68. The summed E-state index contributed by atoms with van der Waals surface area (Å²) in [5.41, 5.74) is 7.86. The Morgan fingerprint density at radius 1 is 1.50 bits per heavy atom. The highest BCUT2D eigenvalue weighted by atomic mass is 35.5. The van der Waals surface area contributed by atoms with Gasteiger partial charge >= 0.3 is 5.76 Å². The molecular weight excluding hydrogens is 204 g/mol. The molecule has 0 amide bonds. The minimum atomic E-state index is -0.343. The van der Waals surface area contributed by atoms with Crippen molar-refractivity contribution in [2.75, 3.05) is 0 Å². The lowest BCUT2D eigenvalue weighted by Crippen LogP contribution is -2.08. The zero-order valence-corrected chi connectivity index (χ0v) is 8.50. The molecule has 0 saturated carbocycles. The maximum absolute atomic E-state index is 11.1. The topological polar surface area (TPSA) is 61.2 Å². The molecule has 14 heavy (non-hydrogen) atoms. The molecular formula is C9H11ClN2O2. The van der Waals surface area contributed by atoms with Crippen molar-refractivity contribution in [1.82, 2.24) is 4.57 Å². The van der Waals surface area contributed by atoms with E-state index in [1.54, 1.807) is 13.1 Å². The average molecular weight is 215 g/mol. The van der Waals surface area contributed by atoms with Crippen LogP contribution in [0.15, 0.2) is 27.4 Å². The van der Waals surface area contributed by atoms with Crippen molar-refractivity contribution in [1.29, 1.82) is 0 Å². The molecule has 1 aromatic carbocycles. The van der Waals surface area contributed by atoms with Crippen LogP contribution in [0.25, 0.3) is 11.1 Å². The zero-order chi connectivity index (χ0) is 9.42. The number of rotatable bonds is 1. The Balaban J connectivity index is 0.000000980. The van der Waals surface area contributed by atoms with Gasteiger partial charge in [0.05, 0.1) is 5.52 Å². The molecule has 0 aliphatic heterocycles. The fourth-order valence-electron chi connectivity index (χ4n) is 1.30. The first-order valence-corrected chi connectivity index (χ1v) is 4.01. The Bertz CT molecular complexity index is 501. The first-order valence-electron chi connectivity index (χ1n) is 4.01. The zero-order valence-electron chi connectivity index (χ0n) is 7.69. The van der Waals surface area contributed by atoms with Gasteiger partial charge in [0.2, 0.25) is 0 Å². The van der Waals surface area contributed by atoms with Crippen LogP contribution in [-0.4, -0.2) is 4.57 Å². The van der Waals surface area contributed by atoms with Crippen molar-refractivity contribution >= 4 is 23.5 Å². The lowest BCUT2D eigenvalue weighted by molar-refractivity contribution is 0.528. The quantitative estimate of drug-likeness (QED) is 0.771. The number of halogens is 1. The molecule has 0 fully saturated rings. The molecule has 0 aliphatic carbocycles. The minimum Gasteiger partial charge on any atom is -0.408 e. The largest absolute Gasteiger partial charge is 0.419 e. The maximum Gasteiger partial charge on any atom is 0.419 e. The summed E-state index contributed by atoms with van der Waals surface area (Å²) in [6, 6.07) is 5.48. The fraction of sp³-hybridized carbons (Fsp3) is 0.222. The summed E-state index contributed by atoms with van der Waals surface area (Å²) >= 11 is 0. The van der Waals surface area contributed by atoms with Crippen molar-refractivity contribution in [2.24, 2.45) is 12.8 Å². The van der Waals surface area contributed by atoms with Gasteiger partial charge in [-0.15, -0.1) is 12.4 Å². The molecule has 1 heterocycles. The molecule has 0 bridgehead atoms. The number of nitrogens with zero attached hydrogens (tertiary/aromatic N) is 1. The normalized spacial score (nSPS) is 10.1. The van der Waals surface area contributed by atoms with Crippen LogP contribution in [0.3, 0.4) is 0 Å². The van der Waals surface area contributed by atoms with E-state index in [0.29, 0.717) is 12.1 Å². The van der Waals surface area contributed by atoms with Crippen LogP contribution in [0.2, 0.25) is 0 Å². The Labute approximate surface area is 86.7 Å². The van der Waals surface area contributed by atoms with E-state index in [0.717, 1.165) is 11.1 Å². The number of fused-ring (bicyclic) bond motifs is 1. The minimum absolute atomic E-state index is 0. The van der Waals surface area contributed by atoms with Crippen molar-refractivity contribution in [3.8, 4) is 0 Å². The van der Waals surface area contributed by atoms with Crippen LogP contribution in [0.4, 0.5) is 0 Å². The van der Waals surface area contributed by atoms with Crippen molar-refractivity contribution in [3.63, 3.8) is 0 Å². The smallest absolute Gasteiger partial charge is 0.408 e. The Hall–Kier alpha value is -1.26. The Morgan fingerprint density at radius 3 is 2.86 bits per heavy atom. The van der Waals surface area contributed by atoms with Crippen molar-refractivity contribution < 1.29 is 4.42 Å². The number of aromatic nitrogens is 1. The molecule has 0 saturated heterocycles. The third-order valence-electron chi connectivity index (χ3n) is 2.09. The SMILES string of the molecule is Cl.Cn1c(=O)oc2ccc(CN)cc21. The molecule has 76 valence electrons. The number of hydrogen-bond acceptors (Lipinski definition) is 3. The van der Waals surface area contributed by atoms with Gasteiger partial charge in [-0.05, 0) is 17.7 Å². The highest BCUT2D eigenvalue weighted by Crippen LogP contribution is 2.13. The van der Waals surface area contributed by atoms with Gasteiger partial charge in [0.25, 0.3) is 0 Å². The molecule has 2 N–H and O–H groups in total. The van der Waals surface area contributed by atoms with Gasteiger partial charge in [-0.2, -0.15) is 0 Å². The van der Waals surface area contributed by atoms with E-state index >= 15 is 0 Å². The molecule has 0 radical (unpaired) electrons. The molecule has 0 spiro atoms. The number of hydrogen-bond donors (Lipinski definition) is 1. The van der Waals surface area contributed by atoms with E-state index in [1.807, 2.05) is 12.1 Å². The third-order valence-corrected chi connectivity index (χ3v) is 2.09. The second-order valence-electron chi connectivity index (χ2n) is 2.93. The first-order chi connectivity index (χ1) is 6.22. The summed E-state index contributed by atoms with van der Waals surface area (Å²) in [6.45, 7) is 0.468. The van der Waals surface area contributed by atoms with Crippen LogP contribution in [0.1, 0.15) is 5.56 Å². The van der Waals surface area contributed by atoms with Gasteiger partial charge < -0.3 is 10.2 Å². The molecule has 0 aliphatic rings. The van der Waals surface area contributed by atoms with Crippen LogP contribution >= 0.6 is 12.4 Å². The second-order valence-corrected chi connectivity index (χ2v) is 2.93. The number of nitrogens with two attached hydrogens (primary N) is 1. The Morgan fingerprint density at radius 2 is 2.21 bits per heavy atom. The van der Waals surface area contributed by atoms with Crippen molar-refractivity contribution in [2.45, 2.75) is 6.54 Å². The predicted molar refractivity (Wildman–Crippen MR) is 56.6 cm³/mol. The van der Waals surface area contributed by atoms with E-state index in [9.17, 15) is 4.79 Å². The Kier molecular flexibility index (Phi) is 2.98.